The van der Waals surface area contributed by atoms with E-state index in [9.17, 15) is 0 Å². The lowest BCUT2D eigenvalue weighted by Crippen LogP contribution is -2.50. The van der Waals surface area contributed by atoms with E-state index >= 15 is 0 Å². The first-order valence-electron chi connectivity index (χ1n) is 8.04. The number of benzene rings is 1. The molecule has 2 atom stereocenters. The third kappa shape index (κ3) is 1.78. The number of rotatable bonds is 2. The molecular formula is C19H22N2. The number of piperidine rings is 1. The fourth-order valence-electron chi connectivity index (χ4n) is 4.34. The maximum atomic E-state index is 5.11. The SMILES string of the molecule is C=Cc1c2c(nc3ccccc13)C1(CC)CCCN(C2)C1. The van der Waals surface area contributed by atoms with Crippen LogP contribution >= 0.6 is 0 Å². The number of hydrogen-bond donors (Lipinski definition) is 0. The average molecular weight is 278 g/mol. The Morgan fingerprint density at radius 3 is 3.05 bits per heavy atom. The fraction of sp³-hybridized carbons (Fsp3) is 0.421. The smallest absolute Gasteiger partial charge is 0.0711 e. The van der Waals surface area contributed by atoms with Crippen LogP contribution in [0.2, 0.25) is 0 Å². The molecule has 2 aliphatic heterocycles. The normalized spacial score (nSPS) is 27.4. The van der Waals surface area contributed by atoms with E-state index < -0.39 is 0 Å². The molecule has 0 amide bonds. The highest BCUT2D eigenvalue weighted by Gasteiger charge is 2.42. The third-order valence-corrected chi connectivity index (χ3v) is 5.46. The second-order valence-corrected chi connectivity index (χ2v) is 6.52. The largest absolute Gasteiger partial charge is 0.298 e. The summed E-state index contributed by atoms with van der Waals surface area (Å²) in [7, 11) is 0. The van der Waals surface area contributed by atoms with E-state index in [4.69, 9.17) is 4.98 Å². The minimum absolute atomic E-state index is 0.258. The maximum Gasteiger partial charge on any atom is 0.0711 e. The van der Waals surface area contributed by atoms with Crippen LogP contribution < -0.4 is 0 Å². The summed E-state index contributed by atoms with van der Waals surface area (Å²) in [6.07, 6.45) is 5.78. The van der Waals surface area contributed by atoms with Crippen LogP contribution in [0.5, 0.6) is 0 Å². The van der Waals surface area contributed by atoms with Gasteiger partial charge in [0.15, 0.2) is 0 Å². The molecule has 3 heterocycles. The fourth-order valence-corrected chi connectivity index (χ4v) is 4.34. The molecule has 0 aliphatic carbocycles. The van der Waals surface area contributed by atoms with Crippen LogP contribution in [0.15, 0.2) is 30.8 Å². The highest BCUT2D eigenvalue weighted by Crippen LogP contribution is 2.44. The molecule has 1 aromatic carbocycles. The first kappa shape index (κ1) is 13.0. The lowest BCUT2D eigenvalue weighted by molar-refractivity contribution is 0.112. The molecule has 4 rings (SSSR count). The van der Waals surface area contributed by atoms with E-state index in [1.165, 1.54) is 54.6 Å². The van der Waals surface area contributed by atoms with Gasteiger partial charge in [-0.3, -0.25) is 9.88 Å². The van der Waals surface area contributed by atoms with Gasteiger partial charge in [0, 0.05) is 23.9 Å². The van der Waals surface area contributed by atoms with Crippen molar-refractivity contribution in [1.82, 2.24) is 9.88 Å². The summed E-state index contributed by atoms with van der Waals surface area (Å²) in [5.41, 5.74) is 5.47. The number of nitrogens with zero attached hydrogens (tertiary/aromatic N) is 2. The van der Waals surface area contributed by atoms with Crippen molar-refractivity contribution in [2.75, 3.05) is 13.1 Å². The van der Waals surface area contributed by atoms with Crippen molar-refractivity contribution >= 4 is 17.0 Å². The zero-order chi connectivity index (χ0) is 14.4. The summed E-state index contributed by atoms with van der Waals surface area (Å²) in [4.78, 5) is 7.72. The van der Waals surface area contributed by atoms with Crippen LogP contribution in [0.1, 0.15) is 43.0 Å². The maximum absolute atomic E-state index is 5.11. The molecule has 0 saturated carbocycles. The lowest BCUT2D eigenvalue weighted by Gasteiger charge is -2.47. The molecule has 1 saturated heterocycles. The first-order chi connectivity index (χ1) is 10.3. The van der Waals surface area contributed by atoms with Crippen LogP contribution in [0, 0.1) is 0 Å². The van der Waals surface area contributed by atoms with Gasteiger partial charge in [-0.15, -0.1) is 0 Å². The van der Waals surface area contributed by atoms with E-state index in [2.05, 4.69) is 42.7 Å². The monoisotopic (exact) mass is 278 g/mol. The lowest BCUT2D eigenvalue weighted by atomic mass is 9.70. The van der Waals surface area contributed by atoms with Gasteiger partial charge >= 0.3 is 0 Å². The molecule has 2 nitrogen and oxygen atoms in total. The number of fused-ring (bicyclic) bond motifs is 5. The van der Waals surface area contributed by atoms with Gasteiger partial charge < -0.3 is 0 Å². The number of pyridine rings is 1. The van der Waals surface area contributed by atoms with Crippen molar-refractivity contribution in [3.63, 3.8) is 0 Å². The zero-order valence-corrected chi connectivity index (χ0v) is 12.7. The Hall–Kier alpha value is -1.67. The molecular weight excluding hydrogens is 256 g/mol. The molecule has 2 bridgehead atoms. The number of para-hydroxylation sites is 1. The Labute approximate surface area is 126 Å². The van der Waals surface area contributed by atoms with Gasteiger partial charge in [-0.1, -0.05) is 37.8 Å². The summed E-state index contributed by atoms with van der Waals surface area (Å²) in [5.74, 6) is 0. The zero-order valence-electron chi connectivity index (χ0n) is 12.7. The third-order valence-electron chi connectivity index (χ3n) is 5.46. The van der Waals surface area contributed by atoms with E-state index in [0.29, 0.717) is 0 Å². The van der Waals surface area contributed by atoms with Crippen LogP contribution in [0.25, 0.3) is 17.0 Å². The predicted octanol–water partition coefficient (Wildman–Crippen LogP) is 4.14. The van der Waals surface area contributed by atoms with Crippen LogP contribution in [0.3, 0.4) is 0 Å². The van der Waals surface area contributed by atoms with Crippen molar-refractivity contribution in [1.29, 1.82) is 0 Å². The molecule has 2 aromatic rings. The molecule has 2 heteroatoms. The molecule has 1 fully saturated rings. The van der Waals surface area contributed by atoms with Crippen molar-refractivity contribution in [3.8, 4) is 0 Å². The molecule has 0 spiro atoms. The summed E-state index contributed by atoms with van der Waals surface area (Å²) in [6, 6.07) is 8.51. The summed E-state index contributed by atoms with van der Waals surface area (Å²) < 4.78 is 0. The van der Waals surface area contributed by atoms with Crippen LogP contribution in [-0.4, -0.2) is 23.0 Å². The van der Waals surface area contributed by atoms with E-state index in [-0.39, 0.29) is 5.41 Å². The van der Waals surface area contributed by atoms with Gasteiger partial charge in [-0.05, 0) is 43.0 Å². The highest BCUT2D eigenvalue weighted by atomic mass is 15.2. The molecule has 1 aromatic heterocycles. The first-order valence-corrected chi connectivity index (χ1v) is 8.04. The van der Waals surface area contributed by atoms with Gasteiger partial charge in [0.1, 0.15) is 0 Å². The Morgan fingerprint density at radius 2 is 2.24 bits per heavy atom. The van der Waals surface area contributed by atoms with E-state index in [0.717, 1.165) is 12.1 Å². The quantitative estimate of drug-likeness (QED) is 0.821. The van der Waals surface area contributed by atoms with Gasteiger partial charge in [0.25, 0.3) is 0 Å². The highest BCUT2D eigenvalue weighted by molar-refractivity contribution is 5.89. The Morgan fingerprint density at radius 1 is 1.38 bits per heavy atom. The Bertz CT molecular complexity index is 719. The van der Waals surface area contributed by atoms with Gasteiger partial charge in [-0.2, -0.15) is 0 Å². The van der Waals surface area contributed by atoms with Gasteiger partial charge in [0.2, 0.25) is 0 Å². The molecule has 108 valence electrons. The van der Waals surface area contributed by atoms with E-state index in [1.54, 1.807) is 0 Å². The number of aromatic nitrogens is 1. The molecule has 0 radical (unpaired) electrons. The Balaban J connectivity index is 2.06. The molecule has 2 aliphatic rings. The van der Waals surface area contributed by atoms with Crippen molar-refractivity contribution in [2.24, 2.45) is 0 Å². The van der Waals surface area contributed by atoms with Crippen LogP contribution in [0.4, 0.5) is 0 Å². The second-order valence-electron chi connectivity index (χ2n) is 6.52. The molecule has 2 unspecified atom stereocenters. The minimum atomic E-state index is 0.258. The van der Waals surface area contributed by atoms with Crippen molar-refractivity contribution in [3.05, 3.63) is 47.7 Å². The summed E-state index contributed by atoms with van der Waals surface area (Å²) >= 11 is 0. The minimum Gasteiger partial charge on any atom is -0.298 e. The second kappa shape index (κ2) is 4.67. The molecule has 21 heavy (non-hydrogen) atoms. The average Bonchev–Trinajstić information content (AvgIpc) is 2.53. The van der Waals surface area contributed by atoms with Gasteiger partial charge in [-0.25, -0.2) is 0 Å². The van der Waals surface area contributed by atoms with E-state index in [1.807, 2.05) is 6.08 Å². The van der Waals surface area contributed by atoms with Crippen molar-refractivity contribution < 1.29 is 0 Å². The number of hydrogen-bond acceptors (Lipinski definition) is 2. The molecule has 0 N–H and O–H groups in total. The topological polar surface area (TPSA) is 16.1 Å². The summed E-state index contributed by atoms with van der Waals surface area (Å²) in [6.45, 7) is 9.85. The predicted molar refractivity (Wildman–Crippen MR) is 88.3 cm³/mol. The van der Waals surface area contributed by atoms with Crippen LogP contribution in [-0.2, 0) is 12.0 Å². The summed E-state index contributed by atoms with van der Waals surface area (Å²) in [5, 5.41) is 1.25. The van der Waals surface area contributed by atoms with Crippen molar-refractivity contribution in [2.45, 2.75) is 38.1 Å². The van der Waals surface area contributed by atoms with Gasteiger partial charge in [0.05, 0.1) is 11.2 Å². The standard InChI is InChI=1S/C19H22N2/c1-3-14-15-8-5-6-9-17(15)20-18-16(14)12-21-11-7-10-19(18,4-2)13-21/h3,5-6,8-9H,1,4,7,10-13H2,2H3. The Kier molecular flexibility index (Phi) is 2.90.